The lowest BCUT2D eigenvalue weighted by molar-refractivity contribution is -0.138. The van der Waals surface area contributed by atoms with Crippen molar-refractivity contribution in [3.8, 4) is 22.5 Å². The molecule has 0 saturated heterocycles. The number of hydrogen-bond donors (Lipinski definition) is 1. The maximum absolute atomic E-state index is 14.5. The number of halogens is 7. The summed E-state index contributed by atoms with van der Waals surface area (Å²) >= 11 is 0. The smallest absolute Gasteiger partial charge is 0.369 e. The predicted molar refractivity (Wildman–Crippen MR) is 132 cm³/mol. The van der Waals surface area contributed by atoms with Crippen molar-refractivity contribution in [1.29, 1.82) is 0 Å². The Hall–Kier alpha value is -3.73. The van der Waals surface area contributed by atoms with Crippen LogP contribution >= 0.6 is 0 Å². The van der Waals surface area contributed by atoms with Crippen LogP contribution in [-0.4, -0.2) is 42.1 Å². The summed E-state index contributed by atoms with van der Waals surface area (Å²) < 4.78 is 95.6. The maximum atomic E-state index is 14.5. The first kappa shape index (κ1) is 27.3. The third-order valence-electron chi connectivity index (χ3n) is 5.83. The number of anilines is 1. The number of alkyl halides is 6. The molecule has 200 valence electrons. The molecule has 1 aromatic heterocycles. The van der Waals surface area contributed by atoms with Crippen LogP contribution in [0.4, 0.5) is 36.6 Å². The minimum Gasteiger partial charge on any atom is -0.369 e. The Morgan fingerprint density at radius 2 is 1.53 bits per heavy atom. The van der Waals surface area contributed by atoms with Gasteiger partial charge in [0.1, 0.15) is 11.6 Å². The van der Waals surface area contributed by atoms with Gasteiger partial charge in [0.25, 0.3) is 0 Å². The molecule has 0 fully saturated rings. The number of rotatable bonds is 7. The van der Waals surface area contributed by atoms with Crippen molar-refractivity contribution >= 4 is 16.7 Å². The summed E-state index contributed by atoms with van der Waals surface area (Å²) in [5.74, 6) is -0.777. The van der Waals surface area contributed by atoms with E-state index < -0.39 is 29.3 Å². The third-order valence-corrected chi connectivity index (χ3v) is 5.83. The van der Waals surface area contributed by atoms with Crippen LogP contribution < -0.4 is 5.32 Å². The zero-order chi connectivity index (χ0) is 27.7. The van der Waals surface area contributed by atoms with Gasteiger partial charge in [0.05, 0.1) is 16.6 Å². The minimum atomic E-state index is -4.68. The second-order valence-electron chi connectivity index (χ2n) is 8.95. The summed E-state index contributed by atoms with van der Waals surface area (Å²) in [6, 6.07) is 11.5. The lowest BCUT2D eigenvalue weighted by Gasteiger charge is -2.16. The summed E-state index contributed by atoms with van der Waals surface area (Å²) in [7, 11) is 3.79. The number of fused-ring (bicyclic) bond motifs is 1. The molecule has 3 aromatic carbocycles. The SMILES string of the molecule is CN(C)CCCNc1nc(-c2cccc(-c3cc(C(F)(F)F)ccc3F)c2)nc2c(C(F)(F)F)cccc12. The summed E-state index contributed by atoms with van der Waals surface area (Å²) in [5.41, 5.74) is -2.29. The Kier molecular flexibility index (Phi) is 7.59. The maximum Gasteiger partial charge on any atom is 0.418 e. The number of hydrogen-bond acceptors (Lipinski definition) is 4. The largest absolute Gasteiger partial charge is 0.418 e. The normalized spacial score (nSPS) is 12.4. The van der Waals surface area contributed by atoms with Gasteiger partial charge in [0, 0.05) is 23.1 Å². The van der Waals surface area contributed by atoms with Crippen LogP contribution in [0.3, 0.4) is 0 Å². The lowest BCUT2D eigenvalue weighted by Crippen LogP contribution is -2.17. The first-order chi connectivity index (χ1) is 17.8. The lowest BCUT2D eigenvalue weighted by atomic mass is 10.00. The van der Waals surface area contributed by atoms with Crippen LogP contribution in [-0.2, 0) is 12.4 Å². The number of aromatic nitrogens is 2. The van der Waals surface area contributed by atoms with Gasteiger partial charge in [0.15, 0.2) is 5.82 Å². The molecule has 0 amide bonds. The van der Waals surface area contributed by atoms with E-state index in [0.29, 0.717) is 25.1 Å². The second-order valence-corrected chi connectivity index (χ2v) is 8.95. The van der Waals surface area contributed by atoms with Gasteiger partial charge >= 0.3 is 12.4 Å². The van der Waals surface area contributed by atoms with Gasteiger partial charge < -0.3 is 10.2 Å². The number of nitrogens with one attached hydrogen (secondary N) is 1. The van der Waals surface area contributed by atoms with Crippen molar-refractivity contribution in [1.82, 2.24) is 14.9 Å². The second kappa shape index (κ2) is 10.6. The molecule has 4 rings (SSSR count). The van der Waals surface area contributed by atoms with E-state index in [9.17, 15) is 30.7 Å². The Morgan fingerprint density at radius 1 is 0.816 bits per heavy atom. The van der Waals surface area contributed by atoms with Crippen LogP contribution in [0.5, 0.6) is 0 Å². The van der Waals surface area contributed by atoms with Crippen molar-refractivity contribution in [3.05, 3.63) is 77.6 Å². The van der Waals surface area contributed by atoms with Gasteiger partial charge in [-0.15, -0.1) is 0 Å². The van der Waals surface area contributed by atoms with Crippen molar-refractivity contribution in [2.75, 3.05) is 32.5 Å². The molecule has 0 spiro atoms. The van der Waals surface area contributed by atoms with Crippen molar-refractivity contribution in [3.63, 3.8) is 0 Å². The average Bonchev–Trinajstić information content (AvgIpc) is 2.85. The van der Waals surface area contributed by atoms with Crippen LogP contribution in [0.2, 0.25) is 0 Å². The standard InChI is InChI=1S/C27H23F7N4/c1-38(2)13-5-12-35-25-19-8-4-9-21(27(32,33)34)23(19)36-24(37-25)17-7-3-6-16(14-17)20-15-18(26(29,30)31)10-11-22(20)28/h3-4,6-11,14-15H,5,12-13H2,1-2H3,(H,35,36,37). The first-order valence-corrected chi connectivity index (χ1v) is 11.6. The van der Waals surface area contributed by atoms with E-state index >= 15 is 0 Å². The molecule has 0 bridgehead atoms. The first-order valence-electron chi connectivity index (χ1n) is 11.6. The molecular formula is C27H23F7N4. The van der Waals surface area contributed by atoms with Crippen molar-refractivity contribution in [2.45, 2.75) is 18.8 Å². The molecule has 0 saturated carbocycles. The molecule has 11 heteroatoms. The molecule has 0 radical (unpaired) electrons. The molecule has 4 aromatic rings. The molecular weight excluding hydrogens is 513 g/mol. The Balaban J connectivity index is 1.84. The highest BCUT2D eigenvalue weighted by molar-refractivity contribution is 5.93. The zero-order valence-corrected chi connectivity index (χ0v) is 20.4. The van der Waals surface area contributed by atoms with E-state index in [2.05, 4.69) is 15.3 Å². The molecule has 0 unspecified atom stereocenters. The van der Waals surface area contributed by atoms with Crippen LogP contribution in [0.25, 0.3) is 33.4 Å². The molecule has 0 atom stereocenters. The van der Waals surface area contributed by atoms with Crippen LogP contribution in [0.15, 0.2) is 60.7 Å². The Labute approximate surface area is 214 Å². The summed E-state index contributed by atoms with van der Waals surface area (Å²) in [4.78, 5) is 10.6. The Bertz CT molecular complexity index is 1450. The zero-order valence-electron chi connectivity index (χ0n) is 20.4. The third kappa shape index (κ3) is 6.04. The topological polar surface area (TPSA) is 41.0 Å². The number of nitrogens with zero attached hydrogens (tertiary/aromatic N) is 3. The average molecular weight is 536 g/mol. The molecule has 4 nitrogen and oxygen atoms in total. The van der Waals surface area contributed by atoms with Crippen LogP contribution in [0, 0.1) is 5.82 Å². The number of para-hydroxylation sites is 1. The predicted octanol–water partition coefficient (Wildman–Crippen LogP) is 7.50. The summed E-state index contributed by atoms with van der Waals surface area (Å²) in [6.07, 6.45) is -8.67. The van der Waals surface area contributed by atoms with E-state index in [1.165, 1.54) is 36.4 Å². The molecule has 0 aliphatic heterocycles. The van der Waals surface area contributed by atoms with Gasteiger partial charge in [-0.1, -0.05) is 24.3 Å². The van der Waals surface area contributed by atoms with Gasteiger partial charge in [-0.2, -0.15) is 26.3 Å². The molecule has 1 heterocycles. The van der Waals surface area contributed by atoms with Crippen molar-refractivity contribution < 1.29 is 30.7 Å². The summed E-state index contributed by atoms with van der Waals surface area (Å²) in [6.45, 7) is 1.16. The number of benzene rings is 3. The fraction of sp³-hybridized carbons (Fsp3) is 0.259. The van der Waals surface area contributed by atoms with Crippen molar-refractivity contribution in [2.24, 2.45) is 0 Å². The van der Waals surface area contributed by atoms with E-state index in [1.54, 1.807) is 0 Å². The Morgan fingerprint density at radius 3 is 2.21 bits per heavy atom. The fourth-order valence-electron chi connectivity index (χ4n) is 4.00. The minimum absolute atomic E-state index is 0.0847. The van der Waals surface area contributed by atoms with E-state index in [4.69, 9.17) is 0 Å². The van der Waals surface area contributed by atoms with Gasteiger partial charge in [-0.05, 0) is 69.0 Å². The summed E-state index contributed by atoms with van der Waals surface area (Å²) in [5, 5.41) is 3.26. The van der Waals surface area contributed by atoms with E-state index in [-0.39, 0.29) is 39.2 Å². The highest BCUT2D eigenvalue weighted by Crippen LogP contribution is 2.38. The molecule has 38 heavy (non-hydrogen) atoms. The van der Waals surface area contributed by atoms with E-state index in [1.807, 2.05) is 19.0 Å². The fourth-order valence-corrected chi connectivity index (χ4v) is 4.00. The monoisotopic (exact) mass is 536 g/mol. The molecule has 0 aliphatic rings. The van der Waals surface area contributed by atoms with Gasteiger partial charge in [0.2, 0.25) is 0 Å². The quantitative estimate of drug-likeness (QED) is 0.196. The van der Waals surface area contributed by atoms with Crippen LogP contribution in [0.1, 0.15) is 17.5 Å². The van der Waals surface area contributed by atoms with E-state index in [0.717, 1.165) is 18.7 Å². The molecule has 1 N–H and O–H groups in total. The molecule has 0 aliphatic carbocycles. The van der Waals surface area contributed by atoms with Gasteiger partial charge in [-0.25, -0.2) is 14.4 Å². The highest BCUT2D eigenvalue weighted by Gasteiger charge is 2.34. The van der Waals surface area contributed by atoms with Gasteiger partial charge in [-0.3, -0.25) is 0 Å². The highest BCUT2D eigenvalue weighted by atomic mass is 19.4.